The molecule has 7 N–H and O–H groups in total. The van der Waals surface area contributed by atoms with Crippen LogP contribution in [0.2, 0.25) is 0 Å². The van der Waals surface area contributed by atoms with Gasteiger partial charge in [-0.2, -0.15) is 0 Å². The number of fused-ring (bicyclic) bond motifs is 1. The predicted molar refractivity (Wildman–Crippen MR) is 103 cm³/mol. The fourth-order valence-electron chi connectivity index (χ4n) is 3.23. The van der Waals surface area contributed by atoms with Gasteiger partial charge < -0.3 is 49.6 Å². The topological polar surface area (TPSA) is 190 Å². The van der Waals surface area contributed by atoms with E-state index >= 15 is 0 Å². The highest BCUT2D eigenvalue weighted by Crippen LogP contribution is 2.39. The summed E-state index contributed by atoms with van der Waals surface area (Å²) >= 11 is 0. The van der Waals surface area contributed by atoms with Crippen molar-refractivity contribution in [3.8, 4) is 40.1 Å². The molecule has 1 saturated heterocycles. The van der Waals surface area contributed by atoms with Gasteiger partial charge in [-0.05, 0) is 18.2 Å². The van der Waals surface area contributed by atoms with Crippen LogP contribution in [0.5, 0.6) is 28.7 Å². The summed E-state index contributed by atoms with van der Waals surface area (Å²) in [6.45, 7) is -0.393. The van der Waals surface area contributed by atoms with Crippen molar-refractivity contribution in [3.63, 3.8) is 0 Å². The summed E-state index contributed by atoms with van der Waals surface area (Å²) in [7, 11) is 0. The number of hydrogen-bond donors (Lipinski definition) is 7. The van der Waals surface area contributed by atoms with Crippen molar-refractivity contribution >= 4 is 11.0 Å². The maximum atomic E-state index is 13.1. The van der Waals surface area contributed by atoms with Crippen LogP contribution < -0.4 is 10.2 Å². The van der Waals surface area contributed by atoms with E-state index in [1.165, 1.54) is 6.07 Å². The van der Waals surface area contributed by atoms with E-state index in [4.69, 9.17) is 13.9 Å². The average molecular weight is 434 g/mol. The Morgan fingerprint density at radius 2 is 1.65 bits per heavy atom. The van der Waals surface area contributed by atoms with E-state index in [0.717, 1.165) is 24.3 Å². The Morgan fingerprint density at radius 3 is 2.35 bits per heavy atom. The first-order valence-corrected chi connectivity index (χ1v) is 9.05. The van der Waals surface area contributed by atoms with Gasteiger partial charge in [-0.1, -0.05) is 0 Å². The molecule has 164 valence electrons. The van der Waals surface area contributed by atoms with Gasteiger partial charge in [0, 0.05) is 17.7 Å². The second kappa shape index (κ2) is 7.63. The molecule has 1 aromatic heterocycles. The molecule has 1 aliphatic rings. The van der Waals surface area contributed by atoms with Gasteiger partial charge in [0.15, 0.2) is 17.3 Å². The number of aromatic hydroxyl groups is 4. The first kappa shape index (κ1) is 20.8. The van der Waals surface area contributed by atoms with Crippen molar-refractivity contribution in [2.45, 2.75) is 24.6 Å². The van der Waals surface area contributed by atoms with Crippen LogP contribution in [0.1, 0.15) is 0 Å². The summed E-state index contributed by atoms with van der Waals surface area (Å²) in [5.74, 6) is -2.79. The van der Waals surface area contributed by atoms with Gasteiger partial charge in [-0.3, -0.25) is 4.79 Å². The molecule has 0 unspecified atom stereocenters. The van der Waals surface area contributed by atoms with E-state index in [1.54, 1.807) is 0 Å². The molecule has 11 heteroatoms. The van der Waals surface area contributed by atoms with Gasteiger partial charge in [0.2, 0.25) is 17.5 Å². The minimum absolute atomic E-state index is 0.0676. The zero-order chi connectivity index (χ0) is 22.4. The number of rotatable bonds is 3. The molecule has 0 aliphatic carbocycles. The number of aliphatic hydroxyl groups excluding tert-OH is 3. The van der Waals surface area contributed by atoms with E-state index in [9.17, 15) is 40.5 Å². The molecule has 2 heterocycles. The van der Waals surface area contributed by atoms with E-state index in [0.29, 0.717) is 0 Å². The molecule has 1 fully saturated rings. The minimum Gasteiger partial charge on any atom is -0.508 e. The minimum atomic E-state index is -1.73. The fraction of sp³-hybridized carbons (Fsp3) is 0.250. The predicted octanol–water partition coefficient (Wildman–Crippen LogP) is 0.100. The van der Waals surface area contributed by atoms with Gasteiger partial charge in [0.05, 0.1) is 6.61 Å². The number of ether oxygens (including phenoxy) is 2. The van der Waals surface area contributed by atoms with Gasteiger partial charge in [-0.15, -0.1) is 0 Å². The Balaban J connectivity index is 1.92. The lowest BCUT2D eigenvalue weighted by Crippen LogP contribution is -2.55. The molecular weight excluding hydrogens is 416 g/mol. The van der Waals surface area contributed by atoms with Crippen LogP contribution >= 0.6 is 0 Å². The van der Waals surface area contributed by atoms with Gasteiger partial charge in [-0.25, -0.2) is 0 Å². The molecule has 2 aromatic carbocycles. The van der Waals surface area contributed by atoms with Crippen molar-refractivity contribution in [1.82, 2.24) is 0 Å². The van der Waals surface area contributed by atoms with Crippen molar-refractivity contribution in [3.05, 3.63) is 40.6 Å². The number of benzene rings is 2. The van der Waals surface area contributed by atoms with E-state index in [1.807, 2.05) is 0 Å². The van der Waals surface area contributed by atoms with Crippen molar-refractivity contribution in [2.75, 3.05) is 6.61 Å². The quantitative estimate of drug-likeness (QED) is 0.277. The highest BCUT2D eigenvalue weighted by atomic mass is 16.7. The SMILES string of the molecule is O=c1c(O[C@H]2OC[C@H](O)[C@H](O)[C@@H]2O)c(-c2ccc(O)c(O)c2)oc2cc(O)cc(O)c12. The summed E-state index contributed by atoms with van der Waals surface area (Å²) in [4.78, 5) is 13.1. The van der Waals surface area contributed by atoms with Crippen molar-refractivity contribution in [2.24, 2.45) is 0 Å². The molecular formula is C20H18O11. The van der Waals surface area contributed by atoms with Crippen LogP contribution in [0.15, 0.2) is 39.5 Å². The molecule has 1 aliphatic heterocycles. The largest absolute Gasteiger partial charge is 0.508 e. The van der Waals surface area contributed by atoms with E-state index < -0.39 is 59.6 Å². The Morgan fingerprint density at radius 1 is 0.903 bits per heavy atom. The monoisotopic (exact) mass is 434 g/mol. The summed E-state index contributed by atoms with van der Waals surface area (Å²) < 4.78 is 16.3. The van der Waals surface area contributed by atoms with Crippen LogP contribution in [-0.4, -0.2) is 67.0 Å². The average Bonchev–Trinajstić information content (AvgIpc) is 2.71. The zero-order valence-electron chi connectivity index (χ0n) is 15.7. The number of aliphatic hydroxyl groups is 3. The highest BCUT2D eigenvalue weighted by molar-refractivity contribution is 5.88. The lowest BCUT2D eigenvalue weighted by atomic mass is 10.1. The van der Waals surface area contributed by atoms with Crippen LogP contribution in [0, 0.1) is 0 Å². The van der Waals surface area contributed by atoms with Crippen LogP contribution in [0.4, 0.5) is 0 Å². The Bertz CT molecular complexity index is 1200. The molecule has 0 amide bonds. The molecule has 4 rings (SSSR count). The third-order valence-corrected chi connectivity index (χ3v) is 4.84. The van der Waals surface area contributed by atoms with Gasteiger partial charge in [0.1, 0.15) is 40.8 Å². The maximum Gasteiger partial charge on any atom is 0.239 e. The summed E-state index contributed by atoms with van der Waals surface area (Å²) in [6, 6.07) is 5.50. The smallest absolute Gasteiger partial charge is 0.239 e. The summed E-state index contributed by atoms with van der Waals surface area (Å²) in [5, 5.41) is 68.6. The fourth-order valence-corrected chi connectivity index (χ4v) is 3.23. The highest BCUT2D eigenvalue weighted by Gasteiger charge is 2.40. The van der Waals surface area contributed by atoms with Crippen LogP contribution in [0.3, 0.4) is 0 Å². The standard InChI is InChI=1S/C20H18O11/c21-8-4-11(24)14-13(5-8)30-18(7-1-2-9(22)10(23)3-7)19(16(14)27)31-20-17(28)15(26)12(25)6-29-20/h1-5,12,15,17,20-26,28H,6H2/t12-,15-,17-,20+/m0/s1. The molecule has 3 aromatic rings. The van der Waals surface area contributed by atoms with Gasteiger partial charge >= 0.3 is 0 Å². The Hall–Kier alpha value is -3.51. The first-order chi connectivity index (χ1) is 14.7. The Labute approximate surface area is 173 Å². The lowest BCUT2D eigenvalue weighted by molar-refractivity contribution is -0.242. The normalized spacial score (nSPS) is 23.7. The molecule has 31 heavy (non-hydrogen) atoms. The third kappa shape index (κ3) is 3.59. The molecule has 0 saturated carbocycles. The molecule has 0 bridgehead atoms. The second-order valence-electron chi connectivity index (χ2n) is 7.00. The van der Waals surface area contributed by atoms with Crippen LogP contribution in [-0.2, 0) is 4.74 Å². The summed E-state index contributed by atoms with van der Waals surface area (Å²) in [5.41, 5.74) is -1.05. The molecule has 4 atom stereocenters. The van der Waals surface area contributed by atoms with E-state index in [-0.39, 0.29) is 28.0 Å². The summed E-state index contributed by atoms with van der Waals surface area (Å²) in [6.07, 6.45) is -6.29. The zero-order valence-corrected chi connectivity index (χ0v) is 15.7. The van der Waals surface area contributed by atoms with Crippen LogP contribution in [0.25, 0.3) is 22.3 Å². The third-order valence-electron chi connectivity index (χ3n) is 4.84. The molecule has 0 spiro atoms. The van der Waals surface area contributed by atoms with Crippen molar-refractivity contribution < 1.29 is 49.6 Å². The van der Waals surface area contributed by atoms with E-state index in [2.05, 4.69) is 0 Å². The maximum absolute atomic E-state index is 13.1. The second-order valence-corrected chi connectivity index (χ2v) is 7.00. The number of phenols is 4. The number of phenolic OH excluding ortho intramolecular Hbond substituents is 4. The number of hydrogen-bond acceptors (Lipinski definition) is 11. The molecule has 11 nitrogen and oxygen atoms in total. The Kier molecular flexibility index (Phi) is 5.11. The van der Waals surface area contributed by atoms with Gasteiger partial charge in [0.25, 0.3) is 0 Å². The van der Waals surface area contributed by atoms with Crippen molar-refractivity contribution in [1.29, 1.82) is 0 Å². The molecule has 0 radical (unpaired) electrons. The first-order valence-electron chi connectivity index (χ1n) is 9.05. The lowest BCUT2D eigenvalue weighted by Gasteiger charge is -2.34.